The van der Waals surface area contributed by atoms with Gasteiger partial charge in [0.1, 0.15) is 12.2 Å². The van der Waals surface area contributed by atoms with Gasteiger partial charge in [-0.15, -0.1) is 0 Å². The highest BCUT2D eigenvalue weighted by molar-refractivity contribution is 5.43. The Morgan fingerprint density at radius 2 is 1.90 bits per heavy atom. The lowest BCUT2D eigenvalue weighted by molar-refractivity contribution is 0.173. The fraction of sp³-hybridized carbons (Fsp3) is 0.467. The molecule has 0 fully saturated rings. The summed E-state index contributed by atoms with van der Waals surface area (Å²) in [7, 11) is 1.80. The van der Waals surface area contributed by atoms with E-state index in [4.69, 9.17) is 9.47 Å². The van der Waals surface area contributed by atoms with Crippen molar-refractivity contribution in [2.75, 3.05) is 13.2 Å². The van der Waals surface area contributed by atoms with Gasteiger partial charge in [-0.25, -0.2) is 4.98 Å². The monoisotopic (exact) mass is 291 g/mol. The molecule has 0 amide bonds. The number of ether oxygens (including phenoxy) is 2. The van der Waals surface area contributed by atoms with Gasteiger partial charge in [0.25, 0.3) is 0 Å². The Labute approximate surface area is 124 Å². The summed E-state index contributed by atoms with van der Waals surface area (Å²) in [4.78, 5) is 4.12. The molecule has 2 aromatic rings. The molecule has 21 heavy (non-hydrogen) atoms. The second kappa shape index (κ2) is 7.08. The molecule has 0 aliphatic carbocycles. The van der Waals surface area contributed by atoms with E-state index in [1.165, 1.54) is 6.33 Å². The van der Waals surface area contributed by atoms with Crippen molar-refractivity contribution in [2.45, 2.75) is 26.4 Å². The van der Waals surface area contributed by atoms with Gasteiger partial charge in [-0.3, -0.25) is 4.68 Å². The van der Waals surface area contributed by atoms with Crippen LogP contribution < -0.4 is 9.47 Å². The molecule has 0 saturated carbocycles. The van der Waals surface area contributed by atoms with E-state index in [1.807, 2.05) is 32.0 Å². The Morgan fingerprint density at radius 3 is 2.52 bits per heavy atom. The minimum atomic E-state index is -0.664. The van der Waals surface area contributed by atoms with E-state index in [-0.39, 0.29) is 0 Å². The van der Waals surface area contributed by atoms with Crippen molar-refractivity contribution in [2.24, 2.45) is 7.05 Å². The third-order valence-corrected chi connectivity index (χ3v) is 3.13. The van der Waals surface area contributed by atoms with Gasteiger partial charge in [-0.1, -0.05) is 6.07 Å². The van der Waals surface area contributed by atoms with Gasteiger partial charge in [0.15, 0.2) is 11.5 Å². The van der Waals surface area contributed by atoms with Gasteiger partial charge >= 0.3 is 0 Å². The average Bonchev–Trinajstić information content (AvgIpc) is 2.86. The Bertz CT molecular complexity index is 583. The van der Waals surface area contributed by atoms with Crippen molar-refractivity contribution in [3.63, 3.8) is 0 Å². The van der Waals surface area contributed by atoms with Crippen LogP contribution >= 0.6 is 0 Å². The molecule has 1 heterocycles. The maximum atomic E-state index is 10.4. The van der Waals surface area contributed by atoms with Gasteiger partial charge in [0.2, 0.25) is 0 Å². The second-order valence-corrected chi connectivity index (χ2v) is 4.59. The molecule has 1 N–H and O–H groups in total. The van der Waals surface area contributed by atoms with E-state index < -0.39 is 6.10 Å². The Hall–Kier alpha value is -2.08. The average molecular weight is 291 g/mol. The molecule has 114 valence electrons. The van der Waals surface area contributed by atoms with Gasteiger partial charge in [-0.2, -0.15) is 5.10 Å². The number of aliphatic hydroxyl groups is 1. The minimum absolute atomic E-state index is 0.399. The first-order valence-corrected chi connectivity index (χ1v) is 7.06. The number of benzene rings is 1. The lowest BCUT2D eigenvalue weighted by Gasteiger charge is -2.15. The van der Waals surface area contributed by atoms with Crippen molar-refractivity contribution >= 4 is 0 Å². The molecular weight excluding hydrogens is 270 g/mol. The molecule has 1 unspecified atom stereocenters. The Morgan fingerprint density at radius 1 is 1.19 bits per heavy atom. The van der Waals surface area contributed by atoms with E-state index in [0.29, 0.717) is 31.1 Å². The molecule has 1 aromatic carbocycles. The van der Waals surface area contributed by atoms with E-state index in [1.54, 1.807) is 11.7 Å². The third kappa shape index (κ3) is 3.72. The molecule has 6 heteroatoms. The predicted molar refractivity (Wildman–Crippen MR) is 78.4 cm³/mol. The molecule has 6 nitrogen and oxygen atoms in total. The van der Waals surface area contributed by atoms with Crippen molar-refractivity contribution in [3.8, 4) is 11.5 Å². The van der Waals surface area contributed by atoms with Crippen LogP contribution in [0.1, 0.15) is 31.3 Å². The summed E-state index contributed by atoms with van der Waals surface area (Å²) in [5.74, 6) is 2.07. The first kappa shape index (κ1) is 15.3. The first-order valence-electron chi connectivity index (χ1n) is 7.06. The Balaban J connectivity index is 2.18. The highest BCUT2D eigenvalue weighted by Gasteiger charge is 2.15. The zero-order valence-electron chi connectivity index (χ0n) is 12.6. The summed E-state index contributed by atoms with van der Waals surface area (Å²) >= 11 is 0. The standard InChI is InChI=1S/C15H21N3O3/c1-4-20-13-7-6-11(8-14(13)21-5-2)12(19)9-15-16-10-17-18(15)3/h6-8,10,12,19H,4-5,9H2,1-3H3. The molecular formula is C15H21N3O3. The smallest absolute Gasteiger partial charge is 0.161 e. The number of hydrogen-bond acceptors (Lipinski definition) is 5. The van der Waals surface area contributed by atoms with Crippen molar-refractivity contribution in [1.29, 1.82) is 0 Å². The van der Waals surface area contributed by atoms with Gasteiger partial charge in [0.05, 0.1) is 19.3 Å². The normalized spacial score (nSPS) is 12.2. The fourth-order valence-corrected chi connectivity index (χ4v) is 2.07. The Kier molecular flexibility index (Phi) is 5.16. The maximum Gasteiger partial charge on any atom is 0.161 e. The number of aliphatic hydroxyl groups excluding tert-OH is 1. The van der Waals surface area contributed by atoms with Crippen LogP contribution in [0.5, 0.6) is 11.5 Å². The highest BCUT2D eigenvalue weighted by atomic mass is 16.5. The largest absolute Gasteiger partial charge is 0.490 e. The molecule has 0 bridgehead atoms. The third-order valence-electron chi connectivity index (χ3n) is 3.13. The first-order chi connectivity index (χ1) is 10.2. The zero-order valence-corrected chi connectivity index (χ0v) is 12.6. The molecule has 0 saturated heterocycles. The molecule has 0 aliphatic rings. The van der Waals surface area contributed by atoms with Crippen LogP contribution in [0.25, 0.3) is 0 Å². The summed E-state index contributed by atoms with van der Waals surface area (Å²) in [6.45, 7) is 4.95. The number of aromatic nitrogens is 3. The SMILES string of the molecule is CCOc1ccc(C(O)Cc2ncnn2C)cc1OCC. The van der Waals surface area contributed by atoms with Gasteiger partial charge in [0, 0.05) is 13.5 Å². The lowest BCUT2D eigenvalue weighted by Crippen LogP contribution is -2.08. The molecule has 2 rings (SSSR count). The van der Waals surface area contributed by atoms with Crippen molar-refractivity contribution in [3.05, 3.63) is 35.9 Å². The van der Waals surface area contributed by atoms with E-state index in [9.17, 15) is 5.11 Å². The highest BCUT2D eigenvalue weighted by Crippen LogP contribution is 2.31. The lowest BCUT2D eigenvalue weighted by atomic mass is 10.1. The van der Waals surface area contributed by atoms with E-state index in [2.05, 4.69) is 10.1 Å². The van der Waals surface area contributed by atoms with Crippen LogP contribution in [-0.4, -0.2) is 33.1 Å². The van der Waals surface area contributed by atoms with Crippen LogP contribution in [0.15, 0.2) is 24.5 Å². The number of aryl methyl sites for hydroxylation is 1. The minimum Gasteiger partial charge on any atom is -0.490 e. The second-order valence-electron chi connectivity index (χ2n) is 4.59. The molecule has 0 aliphatic heterocycles. The van der Waals surface area contributed by atoms with Gasteiger partial charge in [-0.05, 0) is 31.5 Å². The summed E-state index contributed by atoms with van der Waals surface area (Å²) in [6, 6.07) is 5.48. The van der Waals surface area contributed by atoms with Crippen molar-refractivity contribution in [1.82, 2.24) is 14.8 Å². The topological polar surface area (TPSA) is 69.4 Å². The van der Waals surface area contributed by atoms with Crippen LogP contribution in [0, 0.1) is 0 Å². The van der Waals surface area contributed by atoms with Gasteiger partial charge < -0.3 is 14.6 Å². The van der Waals surface area contributed by atoms with Crippen molar-refractivity contribution < 1.29 is 14.6 Å². The molecule has 1 aromatic heterocycles. The summed E-state index contributed by atoms with van der Waals surface area (Å²) in [6.07, 6.45) is 1.21. The van der Waals surface area contributed by atoms with Crippen LogP contribution in [0.2, 0.25) is 0 Å². The molecule has 0 radical (unpaired) electrons. The van der Waals surface area contributed by atoms with Crippen LogP contribution in [0.3, 0.4) is 0 Å². The maximum absolute atomic E-state index is 10.4. The summed E-state index contributed by atoms with van der Waals surface area (Å²) < 4.78 is 12.7. The van der Waals surface area contributed by atoms with Crippen LogP contribution in [0.4, 0.5) is 0 Å². The quantitative estimate of drug-likeness (QED) is 0.843. The zero-order chi connectivity index (χ0) is 15.2. The number of hydrogen-bond donors (Lipinski definition) is 1. The van der Waals surface area contributed by atoms with E-state index in [0.717, 1.165) is 11.4 Å². The fourth-order valence-electron chi connectivity index (χ4n) is 2.07. The summed E-state index contributed by atoms with van der Waals surface area (Å²) in [5.41, 5.74) is 0.768. The molecule has 1 atom stereocenters. The number of nitrogens with zero attached hydrogens (tertiary/aromatic N) is 3. The summed E-state index contributed by atoms with van der Waals surface area (Å²) in [5, 5.41) is 14.4. The molecule has 0 spiro atoms. The van der Waals surface area contributed by atoms with Crippen LogP contribution in [-0.2, 0) is 13.5 Å². The number of rotatable bonds is 7. The van der Waals surface area contributed by atoms with E-state index >= 15 is 0 Å². The predicted octanol–water partition coefficient (Wildman–Crippen LogP) is 1.89.